The van der Waals surface area contributed by atoms with Crippen molar-refractivity contribution in [2.45, 2.75) is 24.3 Å². The summed E-state index contributed by atoms with van der Waals surface area (Å²) in [4.78, 5) is 0. The number of hydrogen-bond donors (Lipinski definition) is 1. The van der Waals surface area contributed by atoms with Crippen molar-refractivity contribution in [3.05, 3.63) is 59.7 Å². The first-order chi connectivity index (χ1) is 9.74. The lowest BCUT2D eigenvalue weighted by Gasteiger charge is -2.27. The highest BCUT2D eigenvalue weighted by atomic mass is 35.5. The van der Waals surface area contributed by atoms with Crippen molar-refractivity contribution in [2.24, 2.45) is 5.73 Å². The molecule has 3 aromatic carbocycles. The number of hydrogen-bond acceptors (Lipinski definition) is 1. The van der Waals surface area contributed by atoms with Crippen LogP contribution >= 0.6 is 11.6 Å². The Morgan fingerprint density at radius 1 is 0.900 bits per heavy atom. The Morgan fingerprint density at radius 3 is 2.60 bits per heavy atom. The fraction of sp³-hybridized carbons (Fsp3) is 0.222. The van der Waals surface area contributed by atoms with E-state index in [-0.39, 0.29) is 11.4 Å². The van der Waals surface area contributed by atoms with E-state index in [0.29, 0.717) is 0 Å². The molecule has 0 aliphatic heterocycles. The molecule has 0 saturated heterocycles. The van der Waals surface area contributed by atoms with E-state index in [4.69, 9.17) is 17.3 Å². The summed E-state index contributed by atoms with van der Waals surface area (Å²) in [7, 11) is 0. The van der Waals surface area contributed by atoms with E-state index in [1.807, 2.05) is 0 Å². The van der Waals surface area contributed by atoms with Crippen LogP contribution in [0.3, 0.4) is 0 Å². The SMILES string of the molecule is NC1Cc2c(ccc3c2ccc2ccccc23)C(Cl)C1. The van der Waals surface area contributed by atoms with Crippen LogP contribution in [0.4, 0.5) is 0 Å². The van der Waals surface area contributed by atoms with Crippen molar-refractivity contribution >= 4 is 33.1 Å². The van der Waals surface area contributed by atoms with Crippen molar-refractivity contribution < 1.29 is 0 Å². The minimum Gasteiger partial charge on any atom is -0.327 e. The van der Waals surface area contributed by atoms with Crippen LogP contribution in [0, 0.1) is 0 Å². The predicted octanol–water partition coefficient (Wildman–Crippen LogP) is 4.55. The van der Waals surface area contributed by atoms with E-state index < -0.39 is 0 Å². The van der Waals surface area contributed by atoms with E-state index >= 15 is 0 Å². The molecule has 0 spiro atoms. The molecule has 0 aromatic heterocycles. The van der Waals surface area contributed by atoms with E-state index in [1.165, 1.54) is 32.7 Å². The monoisotopic (exact) mass is 281 g/mol. The molecule has 1 aliphatic carbocycles. The first-order valence-corrected chi connectivity index (χ1v) is 7.50. The lowest BCUT2D eigenvalue weighted by Crippen LogP contribution is -2.29. The van der Waals surface area contributed by atoms with Gasteiger partial charge in [-0.25, -0.2) is 0 Å². The van der Waals surface area contributed by atoms with Gasteiger partial charge in [0.1, 0.15) is 0 Å². The average Bonchev–Trinajstić information content (AvgIpc) is 2.46. The van der Waals surface area contributed by atoms with E-state index in [1.54, 1.807) is 0 Å². The van der Waals surface area contributed by atoms with Gasteiger partial charge >= 0.3 is 0 Å². The van der Waals surface area contributed by atoms with Gasteiger partial charge in [-0.15, -0.1) is 11.6 Å². The molecule has 2 heteroatoms. The van der Waals surface area contributed by atoms with Crippen LogP contribution in [0.25, 0.3) is 21.5 Å². The van der Waals surface area contributed by atoms with Gasteiger partial charge in [-0.1, -0.05) is 48.5 Å². The Hall–Kier alpha value is -1.57. The zero-order valence-electron chi connectivity index (χ0n) is 11.1. The molecule has 2 N–H and O–H groups in total. The molecule has 4 rings (SSSR count). The molecule has 2 atom stereocenters. The first-order valence-electron chi connectivity index (χ1n) is 7.07. The van der Waals surface area contributed by atoms with E-state index in [9.17, 15) is 0 Å². The standard InChI is InChI=1S/C18H16ClN/c19-18-10-12(20)9-17-15-6-5-11-3-1-2-4-13(11)14(15)7-8-16(17)18/h1-8,12,18H,9-10,20H2. The van der Waals surface area contributed by atoms with Gasteiger partial charge in [-0.05, 0) is 45.5 Å². The minimum atomic E-state index is 0.0459. The number of benzene rings is 3. The van der Waals surface area contributed by atoms with Gasteiger partial charge in [0.25, 0.3) is 0 Å². The number of fused-ring (bicyclic) bond motifs is 5. The third-order valence-corrected chi connectivity index (χ3v) is 4.80. The van der Waals surface area contributed by atoms with Gasteiger partial charge in [-0.2, -0.15) is 0 Å². The quantitative estimate of drug-likeness (QED) is 0.475. The summed E-state index contributed by atoms with van der Waals surface area (Å²) in [5, 5.41) is 5.24. The first kappa shape index (κ1) is 12.2. The normalized spacial score (nSPS) is 22.1. The number of alkyl halides is 1. The van der Waals surface area contributed by atoms with Gasteiger partial charge in [0.2, 0.25) is 0 Å². The van der Waals surface area contributed by atoms with Crippen molar-refractivity contribution in [3.8, 4) is 0 Å². The fourth-order valence-corrected chi connectivity index (χ4v) is 3.86. The second kappa shape index (κ2) is 4.47. The number of rotatable bonds is 0. The van der Waals surface area contributed by atoms with Crippen molar-refractivity contribution in [3.63, 3.8) is 0 Å². The Balaban J connectivity index is 2.09. The molecule has 0 bridgehead atoms. The maximum absolute atomic E-state index is 6.48. The highest BCUT2D eigenvalue weighted by Crippen LogP contribution is 2.39. The highest BCUT2D eigenvalue weighted by molar-refractivity contribution is 6.21. The van der Waals surface area contributed by atoms with Gasteiger partial charge in [0.05, 0.1) is 5.38 Å². The molecule has 100 valence electrons. The molecule has 20 heavy (non-hydrogen) atoms. The zero-order valence-corrected chi connectivity index (χ0v) is 11.9. The van der Waals surface area contributed by atoms with Gasteiger partial charge in [0.15, 0.2) is 0 Å². The molecule has 0 fully saturated rings. The van der Waals surface area contributed by atoms with E-state index in [2.05, 4.69) is 48.5 Å². The third-order valence-electron chi connectivity index (χ3n) is 4.39. The van der Waals surface area contributed by atoms with Crippen molar-refractivity contribution in [2.75, 3.05) is 0 Å². The number of nitrogens with two attached hydrogens (primary N) is 1. The van der Waals surface area contributed by atoms with Crippen LogP contribution < -0.4 is 5.73 Å². The Morgan fingerprint density at radius 2 is 1.70 bits per heavy atom. The molecule has 1 aliphatic rings. The predicted molar refractivity (Wildman–Crippen MR) is 86.3 cm³/mol. The number of halogens is 1. The molecule has 0 amide bonds. The van der Waals surface area contributed by atoms with Crippen molar-refractivity contribution in [1.29, 1.82) is 0 Å². The lowest BCUT2D eigenvalue weighted by molar-refractivity contribution is 0.567. The summed E-state index contributed by atoms with van der Waals surface area (Å²) in [6.07, 6.45) is 1.79. The fourth-order valence-electron chi connectivity index (χ4n) is 3.43. The molecule has 0 heterocycles. The molecule has 2 unspecified atom stereocenters. The maximum atomic E-state index is 6.48. The molecule has 1 nitrogen and oxygen atoms in total. The van der Waals surface area contributed by atoms with Gasteiger partial charge in [-0.3, -0.25) is 0 Å². The Labute approximate surface area is 123 Å². The second-order valence-electron chi connectivity index (χ2n) is 5.68. The van der Waals surface area contributed by atoms with Crippen LogP contribution in [0.5, 0.6) is 0 Å². The minimum absolute atomic E-state index is 0.0459. The maximum Gasteiger partial charge on any atom is 0.0603 e. The molecule has 0 radical (unpaired) electrons. The Bertz CT molecular complexity index is 809. The van der Waals surface area contributed by atoms with Crippen LogP contribution in [-0.2, 0) is 6.42 Å². The van der Waals surface area contributed by atoms with Crippen molar-refractivity contribution in [1.82, 2.24) is 0 Å². The second-order valence-corrected chi connectivity index (χ2v) is 6.21. The van der Waals surface area contributed by atoms with Gasteiger partial charge in [0, 0.05) is 6.04 Å². The summed E-state index contributed by atoms with van der Waals surface area (Å²) >= 11 is 6.48. The highest BCUT2D eigenvalue weighted by Gasteiger charge is 2.24. The summed E-state index contributed by atoms with van der Waals surface area (Å²) < 4.78 is 0. The van der Waals surface area contributed by atoms with Crippen LogP contribution in [0.2, 0.25) is 0 Å². The van der Waals surface area contributed by atoms with Crippen LogP contribution in [0.1, 0.15) is 22.9 Å². The van der Waals surface area contributed by atoms with E-state index in [0.717, 1.165) is 12.8 Å². The van der Waals surface area contributed by atoms with Crippen LogP contribution in [-0.4, -0.2) is 6.04 Å². The lowest BCUT2D eigenvalue weighted by atomic mass is 9.84. The summed E-state index contributed by atoms with van der Waals surface area (Å²) in [6.45, 7) is 0. The summed E-state index contributed by atoms with van der Waals surface area (Å²) in [5.74, 6) is 0. The summed E-state index contributed by atoms with van der Waals surface area (Å²) in [5.41, 5.74) is 8.76. The summed E-state index contributed by atoms with van der Waals surface area (Å²) in [6, 6.07) is 17.5. The average molecular weight is 282 g/mol. The zero-order chi connectivity index (χ0) is 13.7. The molecular weight excluding hydrogens is 266 g/mol. The third kappa shape index (κ3) is 1.74. The molecular formula is C18H16ClN. The topological polar surface area (TPSA) is 26.0 Å². The molecule has 3 aromatic rings. The smallest absolute Gasteiger partial charge is 0.0603 e. The Kier molecular flexibility index (Phi) is 2.73. The van der Waals surface area contributed by atoms with Gasteiger partial charge < -0.3 is 5.73 Å². The van der Waals surface area contributed by atoms with Crippen LogP contribution in [0.15, 0.2) is 48.5 Å². The molecule has 0 saturated carbocycles. The largest absolute Gasteiger partial charge is 0.327 e.